The monoisotopic (exact) mass is 364 g/mol. The second-order valence-electron chi connectivity index (χ2n) is 6.73. The molecule has 4 N–H and O–H groups in total. The molecule has 1 amide bonds. The van der Waals surface area contributed by atoms with Crippen LogP contribution in [0.25, 0.3) is 11.0 Å². The zero-order valence-electron chi connectivity index (χ0n) is 15.6. The van der Waals surface area contributed by atoms with Gasteiger partial charge in [-0.3, -0.25) is 4.79 Å². The van der Waals surface area contributed by atoms with Gasteiger partial charge in [-0.2, -0.15) is 0 Å². The van der Waals surface area contributed by atoms with Gasteiger partial charge in [-0.15, -0.1) is 0 Å². The van der Waals surface area contributed by atoms with Crippen molar-refractivity contribution < 1.29 is 9.53 Å². The number of amides is 1. The molecule has 6 heteroatoms. The minimum Gasteiger partial charge on any atom is -0.489 e. The van der Waals surface area contributed by atoms with Gasteiger partial charge in [0.2, 0.25) is 0 Å². The number of hydrogen-bond acceptors (Lipinski definition) is 4. The molecule has 3 rings (SSSR count). The number of rotatable bonds is 7. The van der Waals surface area contributed by atoms with E-state index >= 15 is 0 Å². The van der Waals surface area contributed by atoms with Crippen LogP contribution in [0.1, 0.15) is 35.9 Å². The number of carbonyl (C=O) groups is 1. The standard InChI is InChI=1S/C21H24N4O2/c1-13(2)20-24-18-9-6-16(10-19(18)25-20)23-21(26)15-4-7-17(8-5-15)27-12-14(3)11-22/h4-10,13H,3,11-12,22H2,1-2H3,(H,23,26)(H,24,25). The van der Waals surface area contributed by atoms with Crippen LogP contribution in [0.4, 0.5) is 5.69 Å². The van der Waals surface area contributed by atoms with Gasteiger partial charge in [0.1, 0.15) is 18.2 Å². The number of aromatic nitrogens is 2. The summed E-state index contributed by atoms with van der Waals surface area (Å²) in [4.78, 5) is 20.3. The number of ether oxygens (including phenoxy) is 1. The number of imidazole rings is 1. The molecule has 0 atom stereocenters. The fourth-order valence-corrected chi connectivity index (χ4v) is 2.53. The number of aromatic amines is 1. The van der Waals surface area contributed by atoms with Gasteiger partial charge in [0.15, 0.2) is 0 Å². The van der Waals surface area contributed by atoms with Crippen molar-refractivity contribution in [3.8, 4) is 5.75 Å². The van der Waals surface area contributed by atoms with Gasteiger partial charge in [0.05, 0.1) is 11.0 Å². The maximum absolute atomic E-state index is 12.5. The first kappa shape index (κ1) is 18.7. The van der Waals surface area contributed by atoms with Crippen molar-refractivity contribution in [2.75, 3.05) is 18.5 Å². The summed E-state index contributed by atoms with van der Waals surface area (Å²) in [7, 11) is 0. The smallest absolute Gasteiger partial charge is 0.255 e. The highest BCUT2D eigenvalue weighted by Crippen LogP contribution is 2.21. The van der Waals surface area contributed by atoms with Crippen molar-refractivity contribution >= 4 is 22.6 Å². The molecule has 0 fully saturated rings. The van der Waals surface area contributed by atoms with E-state index in [1.165, 1.54) is 0 Å². The van der Waals surface area contributed by atoms with E-state index in [2.05, 4.69) is 35.7 Å². The van der Waals surface area contributed by atoms with Crippen LogP contribution in [0.15, 0.2) is 54.6 Å². The second kappa shape index (κ2) is 8.05. The molecule has 0 saturated carbocycles. The van der Waals surface area contributed by atoms with E-state index in [1.807, 2.05) is 18.2 Å². The van der Waals surface area contributed by atoms with Gasteiger partial charge < -0.3 is 20.8 Å². The summed E-state index contributed by atoms with van der Waals surface area (Å²) < 4.78 is 5.56. The predicted octanol–water partition coefficient (Wildman–Crippen LogP) is 3.83. The highest BCUT2D eigenvalue weighted by molar-refractivity contribution is 6.05. The van der Waals surface area contributed by atoms with Gasteiger partial charge in [-0.25, -0.2) is 4.98 Å². The molecular formula is C21H24N4O2. The molecule has 140 valence electrons. The van der Waals surface area contributed by atoms with Crippen LogP contribution in [-0.4, -0.2) is 29.0 Å². The lowest BCUT2D eigenvalue weighted by molar-refractivity contribution is 0.102. The molecule has 0 aliphatic carbocycles. The first-order valence-corrected chi connectivity index (χ1v) is 8.87. The van der Waals surface area contributed by atoms with Crippen molar-refractivity contribution in [1.82, 2.24) is 9.97 Å². The number of nitrogens with one attached hydrogen (secondary N) is 2. The van der Waals surface area contributed by atoms with E-state index in [1.54, 1.807) is 24.3 Å². The summed E-state index contributed by atoms with van der Waals surface area (Å²) in [5.41, 5.74) is 9.33. The van der Waals surface area contributed by atoms with E-state index in [0.717, 1.165) is 22.4 Å². The van der Waals surface area contributed by atoms with Gasteiger partial charge in [0, 0.05) is 23.7 Å². The summed E-state index contributed by atoms with van der Waals surface area (Å²) in [6.07, 6.45) is 0. The summed E-state index contributed by atoms with van der Waals surface area (Å²) in [5, 5.41) is 2.90. The third kappa shape index (κ3) is 4.54. The number of carbonyl (C=O) groups excluding carboxylic acids is 1. The van der Waals surface area contributed by atoms with Crippen LogP contribution in [0.5, 0.6) is 5.75 Å². The van der Waals surface area contributed by atoms with Gasteiger partial charge >= 0.3 is 0 Å². The van der Waals surface area contributed by atoms with E-state index < -0.39 is 0 Å². The third-order valence-corrected chi connectivity index (χ3v) is 4.15. The first-order chi connectivity index (χ1) is 13.0. The topological polar surface area (TPSA) is 93.0 Å². The quantitative estimate of drug-likeness (QED) is 0.556. The van der Waals surface area contributed by atoms with Crippen molar-refractivity contribution in [2.24, 2.45) is 5.73 Å². The molecule has 3 aromatic rings. The Bertz CT molecular complexity index is 958. The predicted molar refractivity (Wildman–Crippen MR) is 108 cm³/mol. The average Bonchev–Trinajstić information content (AvgIpc) is 3.10. The van der Waals surface area contributed by atoms with Gasteiger partial charge in [0.25, 0.3) is 5.91 Å². The van der Waals surface area contributed by atoms with Crippen molar-refractivity contribution in [1.29, 1.82) is 0 Å². The number of anilines is 1. The number of nitrogens with two attached hydrogens (primary N) is 1. The van der Waals surface area contributed by atoms with Crippen molar-refractivity contribution in [3.63, 3.8) is 0 Å². The molecule has 27 heavy (non-hydrogen) atoms. The van der Waals surface area contributed by atoms with Crippen LogP contribution in [0.3, 0.4) is 0 Å². The number of hydrogen-bond donors (Lipinski definition) is 3. The molecule has 2 aromatic carbocycles. The summed E-state index contributed by atoms with van der Waals surface area (Å²) in [6, 6.07) is 12.6. The zero-order valence-corrected chi connectivity index (χ0v) is 15.6. The molecule has 0 aliphatic heterocycles. The Labute approximate surface area is 158 Å². The van der Waals surface area contributed by atoms with E-state index in [0.29, 0.717) is 36.1 Å². The fourth-order valence-electron chi connectivity index (χ4n) is 2.53. The number of H-pyrrole nitrogens is 1. The Hall–Kier alpha value is -3.12. The Morgan fingerprint density at radius 2 is 2.00 bits per heavy atom. The Morgan fingerprint density at radius 3 is 2.67 bits per heavy atom. The molecular weight excluding hydrogens is 340 g/mol. The second-order valence-corrected chi connectivity index (χ2v) is 6.73. The van der Waals surface area contributed by atoms with Crippen LogP contribution >= 0.6 is 0 Å². The Morgan fingerprint density at radius 1 is 1.26 bits per heavy atom. The Kier molecular flexibility index (Phi) is 5.57. The first-order valence-electron chi connectivity index (χ1n) is 8.87. The number of benzene rings is 2. The molecule has 1 aromatic heterocycles. The average molecular weight is 364 g/mol. The van der Waals surface area contributed by atoms with Crippen molar-refractivity contribution in [3.05, 3.63) is 66.0 Å². The Balaban J connectivity index is 1.67. The van der Waals surface area contributed by atoms with Crippen molar-refractivity contribution in [2.45, 2.75) is 19.8 Å². The molecule has 6 nitrogen and oxygen atoms in total. The highest BCUT2D eigenvalue weighted by Gasteiger charge is 2.10. The van der Waals surface area contributed by atoms with Crippen LogP contribution in [0.2, 0.25) is 0 Å². The molecule has 0 unspecified atom stereocenters. The molecule has 0 saturated heterocycles. The molecule has 0 spiro atoms. The fraction of sp³-hybridized carbons (Fsp3) is 0.238. The maximum atomic E-state index is 12.5. The molecule has 0 bridgehead atoms. The summed E-state index contributed by atoms with van der Waals surface area (Å²) in [6.45, 7) is 8.71. The maximum Gasteiger partial charge on any atom is 0.255 e. The van der Waals surface area contributed by atoms with Gasteiger partial charge in [-0.1, -0.05) is 20.4 Å². The summed E-state index contributed by atoms with van der Waals surface area (Å²) in [5.74, 6) is 1.73. The SMILES string of the molecule is C=C(CN)COc1ccc(C(=O)Nc2ccc3[nH]c(C(C)C)nc3c2)cc1. The number of fused-ring (bicyclic) bond motifs is 1. The largest absolute Gasteiger partial charge is 0.489 e. The molecule has 0 radical (unpaired) electrons. The van der Waals surface area contributed by atoms with Gasteiger partial charge in [-0.05, 0) is 48.0 Å². The minimum absolute atomic E-state index is 0.188. The molecule has 0 aliphatic rings. The van der Waals surface area contributed by atoms with Crippen LogP contribution in [0, 0.1) is 0 Å². The lowest BCUT2D eigenvalue weighted by atomic mass is 10.2. The third-order valence-electron chi connectivity index (χ3n) is 4.15. The normalized spacial score (nSPS) is 11.0. The number of nitrogens with zero attached hydrogens (tertiary/aromatic N) is 1. The summed E-state index contributed by atoms with van der Waals surface area (Å²) >= 11 is 0. The van der Waals surface area contributed by atoms with E-state index in [4.69, 9.17) is 10.5 Å². The zero-order chi connectivity index (χ0) is 19.4. The molecule has 1 heterocycles. The van der Waals surface area contributed by atoms with E-state index in [-0.39, 0.29) is 5.91 Å². The minimum atomic E-state index is -0.188. The van der Waals surface area contributed by atoms with Crippen LogP contribution in [-0.2, 0) is 0 Å². The van der Waals surface area contributed by atoms with E-state index in [9.17, 15) is 4.79 Å². The highest BCUT2D eigenvalue weighted by atomic mass is 16.5. The lowest BCUT2D eigenvalue weighted by Crippen LogP contribution is -2.12. The van der Waals surface area contributed by atoms with Crippen LogP contribution < -0.4 is 15.8 Å². The lowest BCUT2D eigenvalue weighted by Gasteiger charge is -2.08.